The minimum Gasteiger partial charge on any atom is -0.462 e. The van der Waals surface area contributed by atoms with Gasteiger partial charge in [-0.3, -0.25) is 4.79 Å². The van der Waals surface area contributed by atoms with Crippen molar-refractivity contribution in [1.29, 1.82) is 0 Å². The van der Waals surface area contributed by atoms with Gasteiger partial charge >= 0.3 is 11.6 Å². The fourth-order valence-corrected chi connectivity index (χ4v) is 3.85. The number of carbonyl (C=O) groups excluding carboxylic acids is 2. The van der Waals surface area contributed by atoms with Gasteiger partial charge in [0.1, 0.15) is 16.1 Å². The van der Waals surface area contributed by atoms with Crippen LogP contribution in [0, 0.1) is 0 Å². The molecule has 3 rings (SSSR count). The molecule has 8 heteroatoms. The number of carbonyl (C=O) groups is 2. The number of benzene rings is 1. The summed E-state index contributed by atoms with van der Waals surface area (Å²) in [6.45, 7) is 3.89. The van der Waals surface area contributed by atoms with Gasteiger partial charge < -0.3 is 14.5 Å². The minimum absolute atomic E-state index is 0.137. The molecule has 0 unspecified atom stereocenters. The summed E-state index contributed by atoms with van der Waals surface area (Å²) in [5.41, 5.74) is -0.217. The van der Waals surface area contributed by atoms with Crippen LogP contribution in [0.5, 0.6) is 0 Å². The maximum atomic E-state index is 12.7. The first kappa shape index (κ1) is 19.3. The molecule has 2 heterocycles. The van der Waals surface area contributed by atoms with Gasteiger partial charge in [0.15, 0.2) is 0 Å². The van der Waals surface area contributed by atoms with Gasteiger partial charge in [-0.05, 0) is 43.7 Å². The molecular weight excluding hydrogens is 434 g/mol. The molecule has 0 aliphatic carbocycles. The smallest absolute Gasteiger partial charge is 0.349 e. The molecule has 0 aliphatic rings. The average molecular weight is 450 g/mol. The monoisotopic (exact) mass is 449 g/mol. The van der Waals surface area contributed by atoms with Gasteiger partial charge in [-0.2, -0.15) is 0 Å². The molecule has 3 aromatic rings. The summed E-state index contributed by atoms with van der Waals surface area (Å²) >= 11 is 4.62. The maximum Gasteiger partial charge on any atom is 0.349 e. The van der Waals surface area contributed by atoms with Crippen molar-refractivity contribution in [2.45, 2.75) is 20.3 Å². The quantitative estimate of drug-likeness (QED) is 0.453. The van der Waals surface area contributed by atoms with Crippen molar-refractivity contribution >= 4 is 55.1 Å². The van der Waals surface area contributed by atoms with Gasteiger partial charge in [0, 0.05) is 14.7 Å². The van der Waals surface area contributed by atoms with Gasteiger partial charge in [0.2, 0.25) is 0 Å². The average Bonchev–Trinajstić information content (AvgIpc) is 3.04. The molecule has 0 saturated carbocycles. The van der Waals surface area contributed by atoms with E-state index in [4.69, 9.17) is 9.15 Å². The number of fused-ring (bicyclic) bond motifs is 1. The predicted octanol–water partition coefficient (Wildman–Crippen LogP) is 4.61. The van der Waals surface area contributed by atoms with Crippen molar-refractivity contribution in [2.24, 2.45) is 0 Å². The highest BCUT2D eigenvalue weighted by Gasteiger charge is 2.21. The van der Waals surface area contributed by atoms with E-state index in [1.807, 2.05) is 6.92 Å². The molecule has 0 atom stereocenters. The molecule has 0 fully saturated rings. The van der Waals surface area contributed by atoms with Crippen LogP contribution in [0.15, 0.2) is 44.0 Å². The molecule has 2 aromatic heterocycles. The zero-order valence-corrected chi connectivity index (χ0v) is 17.0. The first-order chi connectivity index (χ1) is 12.9. The first-order valence-electron chi connectivity index (χ1n) is 8.27. The van der Waals surface area contributed by atoms with E-state index in [0.29, 0.717) is 22.4 Å². The number of esters is 1. The van der Waals surface area contributed by atoms with E-state index in [2.05, 4.69) is 21.2 Å². The van der Waals surface area contributed by atoms with Crippen molar-refractivity contribution in [1.82, 2.24) is 0 Å². The Hall–Kier alpha value is -2.45. The van der Waals surface area contributed by atoms with E-state index < -0.39 is 17.5 Å². The Morgan fingerprint density at radius 1 is 1.19 bits per heavy atom. The van der Waals surface area contributed by atoms with Crippen LogP contribution >= 0.6 is 27.3 Å². The zero-order valence-electron chi connectivity index (χ0n) is 14.6. The number of thiophene rings is 1. The Labute approximate surface area is 167 Å². The van der Waals surface area contributed by atoms with Crippen molar-refractivity contribution in [3.63, 3.8) is 0 Å². The number of hydrogen-bond acceptors (Lipinski definition) is 6. The maximum absolute atomic E-state index is 12.7. The van der Waals surface area contributed by atoms with Gasteiger partial charge in [-0.1, -0.05) is 22.9 Å². The Morgan fingerprint density at radius 3 is 2.67 bits per heavy atom. The molecule has 1 amide bonds. The Bertz CT molecular complexity index is 1090. The Morgan fingerprint density at radius 2 is 1.96 bits per heavy atom. The molecule has 0 radical (unpaired) electrons. The van der Waals surface area contributed by atoms with E-state index in [9.17, 15) is 14.4 Å². The lowest BCUT2D eigenvalue weighted by Crippen LogP contribution is -2.21. The van der Waals surface area contributed by atoms with Crippen LogP contribution in [0.25, 0.3) is 11.0 Å². The van der Waals surface area contributed by atoms with Crippen molar-refractivity contribution in [2.75, 3.05) is 11.9 Å². The van der Waals surface area contributed by atoms with Crippen molar-refractivity contribution in [3.05, 3.63) is 61.2 Å². The van der Waals surface area contributed by atoms with E-state index in [0.717, 1.165) is 9.35 Å². The van der Waals surface area contributed by atoms with Crippen molar-refractivity contribution in [3.8, 4) is 0 Å². The van der Waals surface area contributed by atoms with E-state index in [-0.39, 0.29) is 17.7 Å². The fourth-order valence-electron chi connectivity index (χ4n) is 2.49. The number of amides is 1. The van der Waals surface area contributed by atoms with Crippen LogP contribution in [0.2, 0.25) is 0 Å². The highest BCUT2D eigenvalue weighted by Crippen LogP contribution is 2.30. The zero-order chi connectivity index (χ0) is 19.6. The summed E-state index contributed by atoms with van der Waals surface area (Å²) in [6.07, 6.45) is 0.707. The van der Waals surface area contributed by atoms with Crippen LogP contribution in [-0.4, -0.2) is 18.5 Å². The van der Waals surface area contributed by atoms with Crippen molar-refractivity contribution < 1.29 is 18.7 Å². The molecule has 0 spiro atoms. The number of anilines is 1. The highest BCUT2D eigenvalue weighted by atomic mass is 79.9. The minimum atomic E-state index is -0.743. The number of nitrogens with one attached hydrogen (secondary N) is 1. The van der Waals surface area contributed by atoms with E-state index in [1.54, 1.807) is 31.2 Å². The summed E-state index contributed by atoms with van der Waals surface area (Å²) in [5, 5.41) is 3.61. The third-order valence-electron chi connectivity index (χ3n) is 3.79. The molecule has 1 aromatic carbocycles. The van der Waals surface area contributed by atoms with Gasteiger partial charge in [0.05, 0.1) is 12.2 Å². The van der Waals surface area contributed by atoms with Gasteiger partial charge in [0.25, 0.3) is 5.91 Å². The first-order valence-corrected chi connectivity index (χ1v) is 9.88. The number of ether oxygens (including phenoxy) is 1. The van der Waals surface area contributed by atoms with Gasteiger partial charge in [-0.15, -0.1) is 11.3 Å². The standard InChI is InChI=1S/C19H16BrNO5S/c1-3-12-9-14(18(23)25-4-2)17(27-12)21-16(22)13-8-10-7-11(20)5-6-15(10)26-19(13)24/h5-9H,3-4H2,1-2H3,(H,21,22). The molecular formula is C19H16BrNO5S. The topological polar surface area (TPSA) is 85.6 Å². The number of halogens is 1. The van der Waals surface area contributed by atoms with Gasteiger partial charge in [-0.25, -0.2) is 9.59 Å². The van der Waals surface area contributed by atoms with Crippen LogP contribution in [0.4, 0.5) is 5.00 Å². The second-order valence-electron chi connectivity index (χ2n) is 5.61. The fraction of sp³-hybridized carbons (Fsp3) is 0.211. The Kier molecular flexibility index (Phi) is 5.76. The summed E-state index contributed by atoms with van der Waals surface area (Å²) in [4.78, 5) is 37.9. The summed E-state index contributed by atoms with van der Waals surface area (Å²) in [5.74, 6) is -1.15. The van der Waals surface area contributed by atoms with Crippen LogP contribution < -0.4 is 10.9 Å². The summed E-state index contributed by atoms with van der Waals surface area (Å²) < 4.78 is 11.1. The molecule has 0 aliphatic heterocycles. The van der Waals surface area contributed by atoms with Crippen LogP contribution in [0.1, 0.15) is 39.4 Å². The second-order valence-corrected chi connectivity index (χ2v) is 7.67. The highest BCUT2D eigenvalue weighted by molar-refractivity contribution is 9.10. The summed E-state index contributed by atoms with van der Waals surface area (Å²) in [6, 6.07) is 8.31. The summed E-state index contributed by atoms with van der Waals surface area (Å²) in [7, 11) is 0. The molecule has 1 N–H and O–H groups in total. The molecule has 0 bridgehead atoms. The van der Waals surface area contributed by atoms with E-state index in [1.165, 1.54) is 17.4 Å². The predicted molar refractivity (Wildman–Crippen MR) is 108 cm³/mol. The molecule has 140 valence electrons. The second kappa shape index (κ2) is 8.06. The third kappa shape index (κ3) is 4.12. The third-order valence-corrected chi connectivity index (χ3v) is 5.48. The number of rotatable bonds is 5. The molecule has 27 heavy (non-hydrogen) atoms. The lowest BCUT2D eigenvalue weighted by molar-refractivity contribution is 0.0528. The number of aryl methyl sites for hydroxylation is 1. The van der Waals surface area contributed by atoms with E-state index >= 15 is 0 Å². The van der Waals surface area contributed by atoms with Crippen LogP contribution in [0.3, 0.4) is 0 Å². The Balaban J connectivity index is 1.97. The molecule has 0 saturated heterocycles. The molecule has 6 nitrogen and oxygen atoms in total. The lowest BCUT2D eigenvalue weighted by atomic mass is 10.2. The largest absolute Gasteiger partial charge is 0.462 e. The SMILES string of the molecule is CCOC(=O)c1cc(CC)sc1NC(=O)c1cc2cc(Br)ccc2oc1=O. The lowest BCUT2D eigenvalue weighted by Gasteiger charge is -2.06. The normalized spacial score (nSPS) is 10.8. The van der Waals surface area contributed by atoms with Crippen LogP contribution in [-0.2, 0) is 11.2 Å². The number of hydrogen-bond donors (Lipinski definition) is 1.